The van der Waals surface area contributed by atoms with Crippen molar-refractivity contribution in [3.05, 3.63) is 0 Å². The molecule has 0 amide bonds. The number of carboxylic acids is 1. The van der Waals surface area contributed by atoms with E-state index >= 15 is 0 Å². The lowest BCUT2D eigenvalue weighted by atomic mass is 9.77. The molecule has 0 aromatic rings. The van der Waals surface area contributed by atoms with Crippen molar-refractivity contribution in [3.8, 4) is 0 Å². The Bertz CT molecular complexity index is 171. The summed E-state index contributed by atoms with van der Waals surface area (Å²) >= 11 is 0. The summed E-state index contributed by atoms with van der Waals surface area (Å²) in [4.78, 5) is 10.5. The topological polar surface area (TPSA) is 37.3 Å². The van der Waals surface area contributed by atoms with E-state index < -0.39 is 5.97 Å². The third-order valence-electron chi connectivity index (χ3n) is 3.57. The molecule has 0 bridgehead atoms. The van der Waals surface area contributed by atoms with Gasteiger partial charge >= 0.3 is 5.97 Å². The van der Waals surface area contributed by atoms with Gasteiger partial charge in [0.05, 0.1) is 0 Å². The highest BCUT2D eigenvalue weighted by Gasteiger charge is 2.22. The Kier molecular flexibility index (Phi) is 4.99. The van der Waals surface area contributed by atoms with E-state index in [1.54, 1.807) is 0 Å². The van der Waals surface area contributed by atoms with Gasteiger partial charge in [0.15, 0.2) is 0 Å². The van der Waals surface area contributed by atoms with Crippen LogP contribution < -0.4 is 0 Å². The van der Waals surface area contributed by atoms with Gasteiger partial charge in [0.1, 0.15) is 0 Å². The van der Waals surface area contributed by atoms with Crippen LogP contribution in [0, 0.1) is 11.8 Å². The zero-order valence-corrected chi connectivity index (χ0v) is 9.17. The molecule has 0 aromatic heterocycles. The Morgan fingerprint density at radius 2 is 2.00 bits per heavy atom. The maximum Gasteiger partial charge on any atom is 0.303 e. The fourth-order valence-corrected chi connectivity index (χ4v) is 2.69. The minimum atomic E-state index is -0.640. The average molecular weight is 198 g/mol. The van der Waals surface area contributed by atoms with Crippen LogP contribution in [0.15, 0.2) is 0 Å². The van der Waals surface area contributed by atoms with Crippen LogP contribution in [0.4, 0.5) is 0 Å². The van der Waals surface area contributed by atoms with Gasteiger partial charge in [-0.25, -0.2) is 0 Å². The summed E-state index contributed by atoms with van der Waals surface area (Å²) in [6, 6.07) is 0. The quantitative estimate of drug-likeness (QED) is 0.734. The Morgan fingerprint density at radius 1 is 1.36 bits per heavy atom. The third kappa shape index (κ3) is 3.69. The van der Waals surface area contributed by atoms with Gasteiger partial charge in [0.2, 0.25) is 0 Å². The summed E-state index contributed by atoms with van der Waals surface area (Å²) in [5.41, 5.74) is 0. The molecule has 1 aliphatic carbocycles. The molecule has 1 aliphatic rings. The van der Waals surface area contributed by atoms with E-state index in [-0.39, 0.29) is 0 Å². The number of carbonyl (C=O) groups is 1. The second-order valence-corrected chi connectivity index (χ2v) is 4.50. The second-order valence-electron chi connectivity index (χ2n) is 4.50. The van der Waals surface area contributed by atoms with Gasteiger partial charge in [0, 0.05) is 6.42 Å². The van der Waals surface area contributed by atoms with E-state index in [2.05, 4.69) is 6.92 Å². The lowest BCUT2D eigenvalue weighted by Crippen LogP contribution is -2.18. The fraction of sp³-hybridized carbons (Fsp3) is 0.917. The molecule has 2 nitrogen and oxygen atoms in total. The molecule has 0 aliphatic heterocycles. The van der Waals surface area contributed by atoms with Crippen LogP contribution in [-0.4, -0.2) is 11.1 Å². The smallest absolute Gasteiger partial charge is 0.303 e. The molecule has 1 fully saturated rings. The summed E-state index contributed by atoms with van der Waals surface area (Å²) in [6.45, 7) is 2.20. The Balaban J connectivity index is 2.31. The molecule has 1 saturated carbocycles. The lowest BCUT2D eigenvalue weighted by molar-refractivity contribution is -0.137. The van der Waals surface area contributed by atoms with Gasteiger partial charge in [-0.05, 0) is 18.3 Å². The standard InChI is InChI=1S/C12H22O2/c1-2-10(8-9-12(13)14)11-6-4-3-5-7-11/h10-11H,2-9H2,1H3,(H,13,14)/t10-/m0/s1. The van der Waals surface area contributed by atoms with Gasteiger partial charge in [-0.15, -0.1) is 0 Å². The van der Waals surface area contributed by atoms with Crippen LogP contribution in [0.3, 0.4) is 0 Å². The average Bonchev–Trinajstić information content (AvgIpc) is 2.20. The molecule has 14 heavy (non-hydrogen) atoms. The number of aliphatic carboxylic acids is 1. The normalized spacial score (nSPS) is 20.6. The first-order valence-electron chi connectivity index (χ1n) is 5.95. The molecule has 0 heterocycles. The molecule has 1 atom stereocenters. The monoisotopic (exact) mass is 198 g/mol. The number of hydrogen-bond acceptors (Lipinski definition) is 1. The van der Waals surface area contributed by atoms with E-state index in [0.29, 0.717) is 12.3 Å². The molecule has 0 radical (unpaired) electrons. The van der Waals surface area contributed by atoms with E-state index in [9.17, 15) is 4.79 Å². The van der Waals surface area contributed by atoms with Gasteiger partial charge in [0.25, 0.3) is 0 Å². The highest BCUT2D eigenvalue weighted by Crippen LogP contribution is 2.33. The van der Waals surface area contributed by atoms with Crippen LogP contribution in [0.5, 0.6) is 0 Å². The molecule has 0 spiro atoms. The minimum Gasteiger partial charge on any atom is -0.481 e. The van der Waals surface area contributed by atoms with Crippen LogP contribution in [0.1, 0.15) is 58.3 Å². The predicted molar refractivity (Wildman–Crippen MR) is 57.2 cm³/mol. The van der Waals surface area contributed by atoms with Crippen molar-refractivity contribution in [1.82, 2.24) is 0 Å². The van der Waals surface area contributed by atoms with Crippen molar-refractivity contribution in [1.29, 1.82) is 0 Å². The van der Waals surface area contributed by atoms with E-state index in [4.69, 9.17) is 5.11 Å². The van der Waals surface area contributed by atoms with Crippen LogP contribution in [0.25, 0.3) is 0 Å². The Labute approximate surface area is 86.7 Å². The highest BCUT2D eigenvalue weighted by molar-refractivity contribution is 5.66. The van der Waals surface area contributed by atoms with Crippen molar-refractivity contribution in [3.63, 3.8) is 0 Å². The second kappa shape index (κ2) is 6.05. The molecular weight excluding hydrogens is 176 g/mol. The number of rotatable bonds is 5. The first-order valence-corrected chi connectivity index (χ1v) is 5.95. The zero-order chi connectivity index (χ0) is 10.4. The number of carboxylic acid groups (broad SMARTS) is 1. The fourth-order valence-electron chi connectivity index (χ4n) is 2.69. The summed E-state index contributed by atoms with van der Waals surface area (Å²) in [5.74, 6) is 0.832. The first kappa shape index (κ1) is 11.5. The summed E-state index contributed by atoms with van der Waals surface area (Å²) in [5, 5.41) is 8.66. The van der Waals surface area contributed by atoms with Crippen molar-refractivity contribution >= 4 is 5.97 Å². The van der Waals surface area contributed by atoms with Crippen LogP contribution in [0.2, 0.25) is 0 Å². The molecule has 1 rings (SSSR count). The zero-order valence-electron chi connectivity index (χ0n) is 9.17. The summed E-state index contributed by atoms with van der Waals surface area (Å²) < 4.78 is 0. The third-order valence-corrected chi connectivity index (χ3v) is 3.57. The maximum absolute atomic E-state index is 10.5. The van der Waals surface area contributed by atoms with Crippen molar-refractivity contribution in [2.45, 2.75) is 58.3 Å². The molecule has 2 heteroatoms. The van der Waals surface area contributed by atoms with Gasteiger partial charge in [-0.3, -0.25) is 4.79 Å². The largest absolute Gasteiger partial charge is 0.481 e. The summed E-state index contributed by atoms with van der Waals surface area (Å²) in [6.07, 6.45) is 9.15. The van der Waals surface area contributed by atoms with Crippen molar-refractivity contribution < 1.29 is 9.90 Å². The van der Waals surface area contributed by atoms with Gasteiger partial charge in [-0.1, -0.05) is 45.4 Å². The van der Waals surface area contributed by atoms with Crippen LogP contribution >= 0.6 is 0 Å². The van der Waals surface area contributed by atoms with Crippen molar-refractivity contribution in [2.75, 3.05) is 0 Å². The minimum absolute atomic E-state index is 0.356. The molecule has 0 unspecified atom stereocenters. The molecular formula is C12H22O2. The van der Waals surface area contributed by atoms with Crippen LogP contribution in [-0.2, 0) is 4.79 Å². The van der Waals surface area contributed by atoms with Crippen molar-refractivity contribution in [2.24, 2.45) is 11.8 Å². The summed E-state index contributed by atoms with van der Waals surface area (Å²) in [7, 11) is 0. The van der Waals surface area contributed by atoms with E-state index in [0.717, 1.165) is 18.8 Å². The SMILES string of the molecule is CC[C@@H](CCC(=O)O)C1CCCCC1. The highest BCUT2D eigenvalue weighted by atomic mass is 16.4. The molecule has 82 valence electrons. The molecule has 0 aromatic carbocycles. The maximum atomic E-state index is 10.5. The predicted octanol–water partition coefficient (Wildman–Crippen LogP) is 3.46. The van der Waals surface area contributed by atoms with Gasteiger partial charge in [-0.2, -0.15) is 0 Å². The van der Waals surface area contributed by atoms with E-state index in [1.807, 2.05) is 0 Å². The molecule has 0 saturated heterocycles. The number of hydrogen-bond donors (Lipinski definition) is 1. The Hall–Kier alpha value is -0.530. The molecule has 1 N–H and O–H groups in total. The Morgan fingerprint density at radius 3 is 2.50 bits per heavy atom. The first-order chi connectivity index (χ1) is 6.74. The van der Waals surface area contributed by atoms with E-state index in [1.165, 1.54) is 32.1 Å². The lowest BCUT2D eigenvalue weighted by Gasteiger charge is -2.29. The van der Waals surface area contributed by atoms with Gasteiger partial charge < -0.3 is 5.11 Å².